The summed E-state index contributed by atoms with van der Waals surface area (Å²) in [4.78, 5) is 10.3. The number of aromatic nitrogens is 3. The van der Waals surface area contributed by atoms with Crippen LogP contribution < -0.4 is 4.90 Å². The minimum Gasteiger partial charge on any atom is -0.391 e. The number of sulfonamides is 1. The number of nitrogens with zero attached hydrogens (tertiary/aromatic N) is 5. The summed E-state index contributed by atoms with van der Waals surface area (Å²) < 4.78 is 27.1. The number of hydrogen-bond donors (Lipinski definition) is 1. The highest BCUT2D eigenvalue weighted by Crippen LogP contribution is 2.25. The smallest absolute Gasteiger partial charge is 0.214 e. The Hall–Kier alpha value is -1.71. The third-order valence-corrected chi connectivity index (χ3v) is 5.97. The van der Waals surface area contributed by atoms with E-state index in [0.717, 1.165) is 11.5 Å². The van der Waals surface area contributed by atoms with Gasteiger partial charge >= 0.3 is 0 Å². The lowest BCUT2D eigenvalue weighted by atomic mass is 10.1. The molecule has 2 aromatic heterocycles. The number of anilines is 1. The molecular formula is C13H19N5O3S. The standard InChI is InChI=1S/C13H19N5O3S/c1-16(2)22(20,21)9-10-7-17(8-11(10)19)13-6-14-5-12-15-3-4-18(12)13/h3-6,10-11,19H,7-9H2,1-2H3/t10-,11-/m0/s1. The van der Waals surface area contributed by atoms with Gasteiger partial charge in [0.05, 0.1) is 24.3 Å². The second kappa shape index (κ2) is 5.49. The first-order chi connectivity index (χ1) is 10.4. The number of hydrogen-bond acceptors (Lipinski definition) is 6. The zero-order chi connectivity index (χ0) is 15.9. The molecule has 0 aliphatic carbocycles. The summed E-state index contributed by atoms with van der Waals surface area (Å²) in [6, 6.07) is 0. The molecule has 0 bridgehead atoms. The van der Waals surface area contributed by atoms with Gasteiger partial charge in [-0.15, -0.1) is 0 Å². The number of rotatable bonds is 4. The Morgan fingerprint density at radius 2 is 2.14 bits per heavy atom. The summed E-state index contributed by atoms with van der Waals surface area (Å²) in [5.74, 6) is 0.412. The van der Waals surface area contributed by atoms with Gasteiger partial charge in [-0.25, -0.2) is 17.7 Å². The highest BCUT2D eigenvalue weighted by molar-refractivity contribution is 7.89. The predicted molar refractivity (Wildman–Crippen MR) is 82.2 cm³/mol. The summed E-state index contributed by atoms with van der Waals surface area (Å²) in [7, 11) is -0.331. The van der Waals surface area contributed by atoms with Crippen LogP contribution >= 0.6 is 0 Å². The van der Waals surface area contributed by atoms with Crippen LogP contribution in [0.5, 0.6) is 0 Å². The largest absolute Gasteiger partial charge is 0.391 e. The zero-order valence-electron chi connectivity index (χ0n) is 12.5. The molecule has 3 rings (SSSR count). The number of imidazole rings is 1. The average molecular weight is 325 g/mol. The summed E-state index contributed by atoms with van der Waals surface area (Å²) >= 11 is 0. The maximum Gasteiger partial charge on any atom is 0.214 e. The van der Waals surface area contributed by atoms with E-state index in [9.17, 15) is 13.5 Å². The van der Waals surface area contributed by atoms with Gasteiger partial charge in [-0.2, -0.15) is 0 Å². The van der Waals surface area contributed by atoms with Crippen LogP contribution in [-0.4, -0.2) is 71.2 Å². The van der Waals surface area contributed by atoms with Crippen molar-refractivity contribution in [2.75, 3.05) is 37.8 Å². The molecule has 120 valence electrons. The number of β-amino-alcohol motifs (C(OH)–C–C–N with tert-alkyl or cyclic N) is 1. The van der Waals surface area contributed by atoms with Gasteiger partial charge in [0.2, 0.25) is 10.0 Å². The van der Waals surface area contributed by atoms with Gasteiger partial charge in [-0.1, -0.05) is 0 Å². The molecule has 0 spiro atoms. The summed E-state index contributed by atoms with van der Waals surface area (Å²) in [5, 5.41) is 10.2. The van der Waals surface area contributed by atoms with E-state index in [1.807, 2.05) is 15.5 Å². The first-order valence-electron chi connectivity index (χ1n) is 6.99. The van der Waals surface area contributed by atoms with Gasteiger partial charge in [0, 0.05) is 45.5 Å². The van der Waals surface area contributed by atoms with Gasteiger partial charge in [-0.05, 0) is 0 Å². The zero-order valence-corrected chi connectivity index (χ0v) is 13.3. The fourth-order valence-electron chi connectivity index (χ4n) is 2.70. The minimum atomic E-state index is -3.34. The average Bonchev–Trinajstić information content (AvgIpc) is 3.05. The van der Waals surface area contributed by atoms with Gasteiger partial charge in [-0.3, -0.25) is 9.38 Å². The third kappa shape index (κ3) is 2.67. The van der Waals surface area contributed by atoms with Crippen molar-refractivity contribution in [3.05, 3.63) is 24.8 Å². The summed E-state index contributed by atoms with van der Waals surface area (Å²) in [6.07, 6.45) is 6.17. The van der Waals surface area contributed by atoms with Crippen molar-refractivity contribution in [1.29, 1.82) is 0 Å². The Balaban J connectivity index is 1.83. The quantitative estimate of drug-likeness (QED) is 0.808. The lowest BCUT2D eigenvalue weighted by Gasteiger charge is -2.19. The first-order valence-corrected chi connectivity index (χ1v) is 8.59. The monoisotopic (exact) mass is 325 g/mol. The molecule has 1 aliphatic heterocycles. The number of aliphatic hydroxyl groups excluding tert-OH is 1. The van der Waals surface area contributed by atoms with E-state index >= 15 is 0 Å². The minimum absolute atomic E-state index is 0.0645. The Morgan fingerprint density at radius 3 is 2.86 bits per heavy atom. The highest BCUT2D eigenvalue weighted by atomic mass is 32.2. The lowest BCUT2D eigenvalue weighted by molar-refractivity contribution is 0.157. The van der Waals surface area contributed by atoms with Crippen molar-refractivity contribution in [3.8, 4) is 0 Å². The molecule has 22 heavy (non-hydrogen) atoms. The normalized spacial score (nSPS) is 22.8. The van der Waals surface area contributed by atoms with E-state index in [-0.39, 0.29) is 11.7 Å². The molecule has 8 nitrogen and oxygen atoms in total. The van der Waals surface area contributed by atoms with Crippen LogP contribution in [0.2, 0.25) is 0 Å². The fourth-order valence-corrected chi connectivity index (χ4v) is 3.86. The van der Waals surface area contributed by atoms with Crippen LogP contribution in [0.1, 0.15) is 0 Å². The molecular weight excluding hydrogens is 306 g/mol. The molecule has 1 N–H and O–H groups in total. The summed E-state index contributed by atoms with van der Waals surface area (Å²) in [6.45, 7) is 0.847. The molecule has 0 saturated carbocycles. The van der Waals surface area contributed by atoms with Crippen molar-refractivity contribution in [2.24, 2.45) is 5.92 Å². The van der Waals surface area contributed by atoms with Crippen LogP contribution in [0.15, 0.2) is 24.8 Å². The molecule has 1 aliphatic rings. The van der Waals surface area contributed by atoms with E-state index < -0.39 is 16.1 Å². The second-order valence-electron chi connectivity index (χ2n) is 5.71. The van der Waals surface area contributed by atoms with E-state index in [4.69, 9.17) is 0 Å². The van der Waals surface area contributed by atoms with E-state index in [1.165, 1.54) is 18.4 Å². The van der Waals surface area contributed by atoms with Crippen molar-refractivity contribution >= 4 is 21.5 Å². The van der Waals surface area contributed by atoms with Crippen LogP contribution in [-0.2, 0) is 10.0 Å². The molecule has 0 aromatic carbocycles. The molecule has 0 unspecified atom stereocenters. The van der Waals surface area contributed by atoms with Crippen molar-refractivity contribution in [1.82, 2.24) is 18.7 Å². The number of aliphatic hydroxyl groups is 1. The molecule has 1 fully saturated rings. The maximum atomic E-state index is 12.0. The molecule has 0 radical (unpaired) electrons. The van der Waals surface area contributed by atoms with Gasteiger partial charge in [0.25, 0.3) is 0 Å². The third-order valence-electron chi connectivity index (χ3n) is 4.01. The van der Waals surface area contributed by atoms with Crippen LogP contribution in [0.3, 0.4) is 0 Å². The van der Waals surface area contributed by atoms with Crippen molar-refractivity contribution in [3.63, 3.8) is 0 Å². The van der Waals surface area contributed by atoms with Crippen LogP contribution in [0.4, 0.5) is 5.82 Å². The molecule has 2 atom stereocenters. The van der Waals surface area contributed by atoms with Gasteiger partial charge < -0.3 is 10.0 Å². The Bertz CT molecular complexity index is 773. The van der Waals surface area contributed by atoms with Crippen molar-refractivity contribution < 1.29 is 13.5 Å². The van der Waals surface area contributed by atoms with Crippen molar-refractivity contribution in [2.45, 2.75) is 6.10 Å². The Morgan fingerprint density at radius 1 is 1.36 bits per heavy atom. The number of fused-ring (bicyclic) bond motifs is 1. The molecule has 3 heterocycles. The summed E-state index contributed by atoms with van der Waals surface area (Å²) in [5.41, 5.74) is 0.719. The van der Waals surface area contributed by atoms with Gasteiger partial charge in [0.15, 0.2) is 5.65 Å². The van der Waals surface area contributed by atoms with Crippen LogP contribution in [0.25, 0.3) is 5.65 Å². The van der Waals surface area contributed by atoms with Crippen LogP contribution in [0, 0.1) is 5.92 Å². The molecule has 2 aromatic rings. The van der Waals surface area contributed by atoms with E-state index in [1.54, 1.807) is 18.6 Å². The first kappa shape index (κ1) is 15.2. The maximum absolute atomic E-state index is 12.0. The highest BCUT2D eigenvalue weighted by Gasteiger charge is 2.36. The van der Waals surface area contributed by atoms with E-state index in [2.05, 4.69) is 9.97 Å². The molecule has 0 amide bonds. The topological polar surface area (TPSA) is 91.0 Å². The fraction of sp³-hybridized carbons (Fsp3) is 0.538. The lowest BCUT2D eigenvalue weighted by Crippen LogP contribution is -2.33. The van der Waals surface area contributed by atoms with Gasteiger partial charge in [0.1, 0.15) is 5.82 Å². The predicted octanol–water partition coefficient (Wildman–Crippen LogP) is -0.582. The Labute approximate surface area is 129 Å². The molecule has 9 heteroatoms. The Kier molecular flexibility index (Phi) is 3.79. The molecule has 1 saturated heterocycles. The second-order valence-corrected chi connectivity index (χ2v) is 7.94. The SMILES string of the molecule is CN(C)S(=O)(=O)C[C@@H]1CN(c2cncc3nccn23)C[C@@H]1O. The van der Waals surface area contributed by atoms with E-state index in [0.29, 0.717) is 13.1 Å².